The highest BCUT2D eigenvalue weighted by molar-refractivity contribution is 7.17. The second-order valence-electron chi connectivity index (χ2n) is 8.74. The number of carbonyl (C=O) groups excluding carboxylic acids is 1. The van der Waals surface area contributed by atoms with Crippen molar-refractivity contribution in [2.45, 2.75) is 45.6 Å². The van der Waals surface area contributed by atoms with Gasteiger partial charge in [0.25, 0.3) is 5.91 Å². The van der Waals surface area contributed by atoms with E-state index in [1.807, 2.05) is 56.4 Å². The maximum Gasteiger partial charge on any atom is 0.263 e. The lowest BCUT2D eigenvalue weighted by Gasteiger charge is -2.29. The minimum atomic E-state index is -0.290. The zero-order chi connectivity index (χ0) is 22.3. The second-order valence-corrected chi connectivity index (χ2v) is 9.71. The van der Waals surface area contributed by atoms with Gasteiger partial charge < -0.3 is 15.4 Å². The van der Waals surface area contributed by atoms with Crippen molar-refractivity contribution in [3.05, 3.63) is 82.4 Å². The molecule has 1 amide bonds. The van der Waals surface area contributed by atoms with Crippen molar-refractivity contribution < 1.29 is 9.53 Å². The van der Waals surface area contributed by atoms with Crippen LogP contribution in [0, 0.1) is 6.92 Å². The first-order valence-electron chi connectivity index (χ1n) is 10.6. The Bertz CT molecular complexity index is 1190. The molecule has 0 fully saturated rings. The van der Waals surface area contributed by atoms with Gasteiger partial charge in [0.2, 0.25) is 0 Å². The number of allylic oxidation sites excluding steroid dienone is 3. The minimum Gasteiger partial charge on any atom is -0.462 e. The van der Waals surface area contributed by atoms with Crippen LogP contribution in [0.2, 0.25) is 0 Å². The fourth-order valence-electron chi connectivity index (χ4n) is 3.95. The smallest absolute Gasteiger partial charge is 0.263 e. The summed E-state index contributed by atoms with van der Waals surface area (Å²) in [7, 11) is 0. The molecule has 0 bridgehead atoms. The standard InChI is InChI=1S/C24H25N5O2S/c1-15-8-9-16(13-25-15)26-18-7-5-4-6-17(18)20-14-29(10-11-31-20)23-27-19-12-24(2,3)28-22(30)21(19)32-23/h5,7-11,13-14,26H,4,6,12H2,1-3H3,(H,28,30). The van der Waals surface area contributed by atoms with Gasteiger partial charge in [-0.1, -0.05) is 17.4 Å². The van der Waals surface area contributed by atoms with E-state index in [2.05, 4.69) is 27.8 Å². The summed E-state index contributed by atoms with van der Waals surface area (Å²) in [6.45, 7) is 6.00. The Kier molecular flexibility index (Phi) is 5.09. The van der Waals surface area contributed by atoms with E-state index in [-0.39, 0.29) is 11.4 Å². The lowest BCUT2D eigenvalue weighted by molar-refractivity contribution is 0.0901. The average Bonchev–Trinajstić information content (AvgIpc) is 3.19. The van der Waals surface area contributed by atoms with Crippen LogP contribution in [0.1, 0.15) is 47.7 Å². The number of nitrogens with zero attached hydrogens (tertiary/aromatic N) is 3. The number of hydrogen-bond acceptors (Lipinski definition) is 7. The van der Waals surface area contributed by atoms with Gasteiger partial charge in [0.1, 0.15) is 16.9 Å². The summed E-state index contributed by atoms with van der Waals surface area (Å²) in [5.41, 5.74) is 4.54. The quantitative estimate of drug-likeness (QED) is 0.702. The molecule has 0 spiro atoms. The molecular formula is C24H25N5O2S. The van der Waals surface area contributed by atoms with Gasteiger partial charge in [-0.25, -0.2) is 4.98 Å². The zero-order valence-corrected chi connectivity index (χ0v) is 19.1. The van der Waals surface area contributed by atoms with Crippen LogP contribution in [-0.4, -0.2) is 21.4 Å². The summed E-state index contributed by atoms with van der Waals surface area (Å²) in [5, 5.41) is 7.27. The fourth-order valence-corrected chi connectivity index (χ4v) is 4.88. The van der Waals surface area contributed by atoms with Gasteiger partial charge in [-0.2, -0.15) is 0 Å². The third kappa shape index (κ3) is 4.05. The molecule has 1 aliphatic carbocycles. The molecule has 164 valence electrons. The average molecular weight is 448 g/mol. The largest absolute Gasteiger partial charge is 0.462 e. The van der Waals surface area contributed by atoms with Crippen molar-refractivity contribution in [3.8, 4) is 0 Å². The Morgan fingerprint density at radius 1 is 1.31 bits per heavy atom. The van der Waals surface area contributed by atoms with Gasteiger partial charge in [-0.3, -0.25) is 14.7 Å². The maximum absolute atomic E-state index is 12.5. The SMILES string of the molecule is Cc1ccc(NC2=C(C3=CN(c4nc5c(s4)C(=O)NC(C)(C)C5)C=CO3)CCC=C2)cn1. The third-order valence-corrected chi connectivity index (χ3v) is 6.62. The van der Waals surface area contributed by atoms with Crippen LogP contribution >= 0.6 is 11.3 Å². The normalized spacial score (nSPS) is 19.3. The predicted octanol–water partition coefficient (Wildman–Crippen LogP) is 4.78. The van der Waals surface area contributed by atoms with Crippen molar-refractivity contribution >= 4 is 28.1 Å². The van der Waals surface area contributed by atoms with Crippen molar-refractivity contribution in [2.24, 2.45) is 0 Å². The van der Waals surface area contributed by atoms with Crippen LogP contribution in [0.4, 0.5) is 10.8 Å². The number of thiazole rings is 1. The third-order valence-electron chi connectivity index (χ3n) is 5.51. The van der Waals surface area contributed by atoms with Crippen molar-refractivity contribution in [3.63, 3.8) is 0 Å². The molecule has 2 aromatic heterocycles. The first kappa shape index (κ1) is 20.5. The summed E-state index contributed by atoms with van der Waals surface area (Å²) in [6.07, 6.45) is 14.0. The highest BCUT2D eigenvalue weighted by Gasteiger charge is 2.34. The van der Waals surface area contributed by atoms with Gasteiger partial charge in [0.15, 0.2) is 5.13 Å². The molecule has 2 aliphatic heterocycles. The second kappa shape index (κ2) is 7.94. The highest BCUT2D eigenvalue weighted by atomic mass is 32.1. The number of fused-ring (bicyclic) bond motifs is 1. The summed E-state index contributed by atoms with van der Waals surface area (Å²) in [6, 6.07) is 4.00. The molecule has 0 radical (unpaired) electrons. The Hall–Kier alpha value is -3.39. The summed E-state index contributed by atoms with van der Waals surface area (Å²) < 4.78 is 5.90. The molecule has 8 heteroatoms. The topological polar surface area (TPSA) is 79.4 Å². The summed E-state index contributed by atoms with van der Waals surface area (Å²) in [4.78, 5) is 24.3. The van der Waals surface area contributed by atoms with Crippen LogP contribution in [0.3, 0.4) is 0 Å². The van der Waals surface area contributed by atoms with Crippen LogP contribution in [0.15, 0.2) is 66.2 Å². The molecule has 0 unspecified atom stereocenters. The monoisotopic (exact) mass is 447 g/mol. The molecule has 7 nitrogen and oxygen atoms in total. The van der Waals surface area contributed by atoms with Crippen LogP contribution < -0.4 is 15.5 Å². The Morgan fingerprint density at radius 2 is 2.19 bits per heavy atom. The number of ether oxygens (including phenoxy) is 1. The molecule has 0 atom stereocenters. The van der Waals surface area contributed by atoms with E-state index in [9.17, 15) is 4.79 Å². The fraction of sp³-hybridized carbons (Fsp3) is 0.292. The first-order valence-corrected chi connectivity index (χ1v) is 11.5. The lowest BCUT2D eigenvalue weighted by atomic mass is 9.94. The molecule has 4 heterocycles. The van der Waals surface area contributed by atoms with E-state index in [1.54, 1.807) is 6.26 Å². The van der Waals surface area contributed by atoms with Gasteiger partial charge in [0.05, 0.1) is 23.8 Å². The van der Waals surface area contributed by atoms with Crippen LogP contribution in [0.5, 0.6) is 0 Å². The van der Waals surface area contributed by atoms with E-state index in [0.717, 1.165) is 52.1 Å². The number of hydrogen-bond donors (Lipinski definition) is 2. The van der Waals surface area contributed by atoms with E-state index >= 15 is 0 Å². The van der Waals surface area contributed by atoms with E-state index in [4.69, 9.17) is 9.72 Å². The maximum atomic E-state index is 12.5. The molecule has 2 aromatic rings. The van der Waals surface area contributed by atoms with Crippen LogP contribution in [-0.2, 0) is 11.2 Å². The van der Waals surface area contributed by atoms with E-state index in [0.29, 0.717) is 11.3 Å². The Labute approximate surface area is 191 Å². The molecule has 2 N–H and O–H groups in total. The number of amides is 1. The van der Waals surface area contributed by atoms with Gasteiger partial charge >= 0.3 is 0 Å². The Morgan fingerprint density at radius 3 is 3.00 bits per heavy atom. The number of aryl methyl sites for hydroxylation is 1. The van der Waals surface area contributed by atoms with Gasteiger partial charge in [0, 0.05) is 35.1 Å². The minimum absolute atomic E-state index is 0.0558. The van der Waals surface area contributed by atoms with E-state index in [1.165, 1.54) is 11.3 Å². The lowest BCUT2D eigenvalue weighted by Crippen LogP contribution is -2.48. The molecule has 5 rings (SSSR count). The summed E-state index contributed by atoms with van der Waals surface area (Å²) in [5.74, 6) is 0.706. The van der Waals surface area contributed by atoms with Crippen molar-refractivity contribution in [1.82, 2.24) is 15.3 Å². The van der Waals surface area contributed by atoms with E-state index < -0.39 is 0 Å². The Balaban J connectivity index is 1.45. The molecule has 3 aliphatic rings. The number of pyridine rings is 1. The number of anilines is 2. The predicted molar refractivity (Wildman–Crippen MR) is 126 cm³/mol. The molecule has 0 saturated heterocycles. The number of nitrogens with one attached hydrogen (secondary N) is 2. The zero-order valence-electron chi connectivity index (χ0n) is 18.3. The molecular weight excluding hydrogens is 422 g/mol. The number of carbonyl (C=O) groups is 1. The van der Waals surface area contributed by atoms with Crippen LogP contribution in [0.25, 0.3) is 0 Å². The number of aromatic nitrogens is 2. The molecule has 32 heavy (non-hydrogen) atoms. The first-order chi connectivity index (χ1) is 15.4. The number of rotatable bonds is 4. The molecule has 0 aromatic carbocycles. The van der Waals surface area contributed by atoms with Gasteiger partial charge in [-0.15, -0.1) is 0 Å². The highest BCUT2D eigenvalue weighted by Crippen LogP contribution is 2.35. The van der Waals surface area contributed by atoms with Crippen molar-refractivity contribution in [2.75, 3.05) is 10.2 Å². The van der Waals surface area contributed by atoms with Crippen molar-refractivity contribution in [1.29, 1.82) is 0 Å². The molecule has 0 saturated carbocycles. The van der Waals surface area contributed by atoms with Gasteiger partial charge in [-0.05, 0) is 51.8 Å². The summed E-state index contributed by atoms with van der Waals surface area (Å²) >= 11 is 1.40.